The summed E-state index contributed by atoms with van der Waals surface area (Å²) < 4.78 is 0. The molecule has 2 aliphatic rings. The molecule has 2 aliphatic carbocycles. The standard InChI is InChI=1S/C14H20/c1-11-8-9-14(10-11)12(2)13-6-4-3-5-7-13/h8-10,13H,3-7H2,1-2H3. The largest absolute Gasteiger partial charge is 0.0630 e. The molecule has 0 unspecified atom stereocenters. The van der Waals surface area contributed by atoms with Crippen LogP contribution >= 0.6 is 0 Å². The van der Waals surface area contributed by atoms with Crippen LogP contribution in [0, 0.1) is 5.92 Å². The molecule has 0 bridgehead atoms. The number of rotatable bonds is 1. The monoisotopic (exact) mass is 188 g/mol. The van der Waals surface area contributed by atoms with Crippen LogP contribution in [0.1, 0.15) is 46.0 Å². The number of hydrogen-bond donors (Lipinski definition) is 0. The Morgan fingerprint density at radius 3 is 2.43 bits per heavy atom. The van der Waals surface area contributed by atoms with Crippen molar-refractivity contribution >= 4 is 0 Å². The van der Waals surface area contributed by atoms with Gasteiger partial charge in [-0.3, -0.25) is 0 Å². The first kappa shape index (κ1) is 9.76. The number of hydrogen-bond acceptors (Lipinski definition) is 0. The first-order chi connectivity index (χ1) is 6.77. The lowest BCUT2D eigenvalue weighted by Gasteiger charge is -2.23. The molecule has 0 amide bonds. The van der Waals surface area contributed by atoms with Gasteiger partial charge in [-0.1, -0.05) is 48.6 Å². The van der Waals surface area contributed by atoms with Crippen LogP contribution in [0.3, 0.4) is 0 Å². The van der Waals surface area contributed by atoms with E-state index >= 15 is 0 Å². The van der Waals surface area contributed by atoms with E-state index in [-0.39, 0.29) is 0 Å². The second-order valence-electron chi connectivity index (χ2n) is 4.69. The zero-order valence-electron chi connectivity index (χ0n) is 9.34. The predicted molar refractivity (Wildman–Crippen MR) is 62.2 cm³/mol. The van der Waals surface area contributed by atoms with Crippen LogP contribution in [0.15, 0.2) is 34.9 Å². The molecule has 76 valence electrons. The summed E-state index contributed by atoms with van der Waals surface area (Å²) in [7, 11) is 0. The quantitative estimate of drug-likeness (QED) is 0.572. The van der Waals surface area contributed by atoms with Crippen molar-refractivity contribution in [3.8, 4) is 0 Å². The Bertz CT molecular complexity index is 296. The van der Waals surface area contributed by atoms with Crippen molar-refractivity contribution in [1.29, 1.82) is 0 Å². The Labute approximate surface area is 87.4 Å². The highest BCUT2D eigenvalue weighted by molar-refractivity contribution is 5.47. The third-order valence-corrected chi connectivity index (χ3v) is 3.58. The first-order valence-corrected chi connectivity index (χ1v) is 5.84. The minimum Gasteiger partial charge on any atom is -0.0630 e. The molecule has 0 N–H and O–H groups in total. The molecule has 0 heterocycles. The van der Waals surface area contributed by atoms with Crippen LogP contribution < -0.4 is 0 Å². The van der Waals surface area contributed by atoms with Crippen molar-refractivity contribution in [1.82, 2.24) is 0 Å². The molecule has 0 atom stereocenters. The zero-order valence-corrected chi connectivity index (χ0v) is 9.34. The molecule has 0 spiro atoms. The Morgan fingerprint density at radius 2 is 1.86 bits per heavy atom. The summed E-state index contributed by atoms with van der Waals surface area (Å²) in [4.78, 5) is 0. The van der Waals surface area contributed by atoms with E-state index in [9.17, 15) is 0 Å². The summed E-state index contributed by atoms with van der Waals surface area (Å²) in [6.07, 6.45) is 14.0. The minimum atomic E-state index is 0.866. The molecular weight excluding hydrogens is 168 g/mol. The van der Waals surface area contributed by atoms with E-state index in [0.29, 0.717) is 0 Å². The second kappa shape index (κ2) is 4.16. The van der Waals surface area contributed by atoms with Crippen molar-refractivity contribution in [2.45, 2.75) is 46.0 Å². The smallest absolute Gasteiger partial charge is 0.0197 e. The van der Waals surface area contributed by atoms with Crippen molar-refractivity contribution in [3.63, 3.8) is 0 Å². The molecule has 14 heavy (non-hydrogen) atoms. The molecule has 1 fully saturated rings. The van der Waals surface area contributed by atoms with Gasteiger partial charge < -0.3 is 0 Å². The molecule has 0 heteroatoms. The third-order valence-electron chi connectivity index (χ3n) is 3.58. The summed E-state index contributed by atoms with van der Waals surface area (Å²) in [5.74, 6) is 0.866. The van der Waals surface area contributed by atoms with Crippen LogP contribution in [0.4, 0.5) is 0 Å². The fraction of sp³-hybridized carbons (Fsp3) is 0.571. The molecule has 0 radical (unpaired) electrons. The molecule has 0 aromatic heterocycles. The van der Waals surface area contributed by atoms with Gasteiger partial charge in [0.1, 0.15) is 0 Å². The highest BCUT2D eigenvalue weighted by Crippen LogP contribution is 2.33. The fourth-order valence-corrected chi connectivity index (χ4v) is 2.58. The highest BCUT2D eigenvalue weighted by Gasteiger charge is 2.17. The normalized spacial score (nSPS) is 26.6. The lowest BCUT2D eigenvalue weighted by molar-refractivity contribution is 0.402. The van der Waals surface area contributed by atoms with Crippen molar-refractivity contribution in [2.75, 3.05) is 0 Å². The van der Waals surface area contributed by atoms with Gasteiger partial charge in [0.2, 0.25) is 0 Å². The molecule has 0 nitrogen and oxygen atoms in total. The molecule has 1 saturated carbocycles. The Hall–Kier alpha value is -0.780. The summed E-state index contributed by atoms with van der Waals surface area (Å²) in [6, 6.07) is 0. The van der Waals surface area contributed by atoms with Gasteiger partial charge in [0.25, 0.3) is 0 Å². The minimum absolute atomic E-state index is 0.866. The van der Waals surface area contributed by atoms with E-state index in [1.165, 1.54) is 43.3 Å². The van der Waals surface area contributed by atoms with Crippen LogP contribution in [0.2, 0.25) is 0 Å². The lowest BCUT2D eigenvalue weighted by atomic mass is 9.82. The maximum Gasteiger partial charge on any atom is -0.0197 e. The van der Waals surface area contributed by atoms with Crippen molar-refractivity contribution in [3.05, 3.63) is 34.9 Å². The molecule has 0 aromatic carbocycles. The average Bonchev–Trinajstić information content (AvgIpc) is 2.65. The molecule has 0 aromatic rings. The predicted octanol–water partition coefficient (Wildman–Crippen LogP) is 4.40. The van der Waals surface area contributed by atoms with Gasteiger partial charge in [0.05, 0.1) is 0 Å². The van der Waals surface area contributed by atoms with Crippen LogP contribution in [0.25, 0.3) is 0 Å². The first-order valence-electron chi connectivity index (χ1n) is 5.84. The van der Waals surface area contributed by atoms with E-state index in [1.54, 1.807) is 5.57 Å². The molecule has 0 saturated heterocycles. The van der Waals surface area contributed by atoms with Gasteiger partial charge in [-0.05, 0) is 38.2 Å². The van der Waals surface area contributed by atoms with E-state index in [0.717, 1.165) is 5.92 Å². The fourth-order valence-electron chi connectivity index (χ4n) is 2.58. The Morgan fingerprint density at radius 1 is 1.14 bits per heavy atom. The summed E-state index contributed by atoms with van der Waals surface area (Å²) >= 11 is 0. The average molecular weight is 188 g/mol. The van der Waals surface area contributed by atoms with E-state index in [4.69, 9.17) is 0 Å². The van der Waals surface area contributed by atoms with Crippen molar-refractivity contribution < 1.29 is 0 Å². The van der Waals surface area contributed by atoms with Gasteiger partial charge in [0.15, 0.2) is 0 Å². The summed E-state index contributed by atoms with van der Waals surface area (Å²) in [6.45, 7) is 4.50. The Kier molecular flexibility index (Phi) is 2.90. The van der Waals surface area contributed by atoms with Crippen LogP contribution in [0.5, 0.6) is 0 Å². The van der Waals surface area contributed by atoms with Crippen LogP contribution in [-0.4, -0.2) is 0 Å². The molecule has 2 rings (SSSR count). The maximum atomic E-state index is 2.32. The molecule has 0 aliphatic heterocycles. The van der Waals surface area contributed by atoms with E-state index in [2.05, 4.69) is 32.1 Å². The topological polar surface area (TPSA) is 0 Å². The highest BCUT2D eigenvalue weighted by atomic mass is 14.2. The third kappa shape index (κ3) is 2.00. The van der Waals surface area contributed by atoms with Crippen molar-refractivity contribution in [2.24, 2.45) is 5.92 Å². The summed E-state index contributed by atoms with van der Waals surface area (Å²) in [5, 5.41) is 0. The SMILES string of the molecule is CC1=CC(=C(C)C2CCCCC2)C=C1. The lowest BCUT2D eigenvalue weighted by Crippen LogP contribution is -2.08. The molecular formula is C14H20. The van der Waals surface area contributed by atoms with E-state index < -0.39 is 0 Å². The summed E-state index contributed by atoms with van der Waals surface area (Å²) in [5.41, 5.74) is 4.50. The maximum absolute atomic E-state index is 2.32. The van der Waals surface area contributed by atoms with Crippen LogP contribution in [-0.2, 0) is 0 Å². The van der Waals surface area contributed by atoms with Gasteiger partial charge >= 0.3 is 0 Å². The number of allylic oxidation sites excluding steroid dienone is 6. The zero-order chi connectivity index (χ0) is 9.97. The van der Waals surface area contributed by atoms with E-state index in [1.807, 2.05) is 0 Å². The van der Waals surface area contributed by atoms with Gasteiger partial charge in [-0.25, -0.2) is 0 Å². The Balaban J connectivity index is 2.13. The second-order valence-corrected chi connectivity index (χ2v) is 4.69. The van der Waals surface area contributed by atoms with Gasteiger partial charge in [0, 0.05) is 0 Å². The van der Waals surface area contributed by atoms with Gasteiger partial charge in [-0.15, -0.1) is 0 Å². The van der Waals surface area contributed by atoms with Gasteiger partial charge in [-0.2, -0.15) is 0 Å².